The molecule has 0 aliphatic heterocycles. The summed E-state index contributed by atoms with van der Waals surface area (Å²) in [5, 5.41) is 11.3. The summed E-state index contributed by atoms with van der Waals surface area (Å²) in [6, 6.07) is 16.4. The number of esters is 2. The van der Waals surface area contributed by atoms with Gasteiger partial charge in [0.2, 0.25) is 0 Å². The molecule has 2 aromatic rings. The van der Waals surface area contributed by atoms with E-state index in [0.29, 0.717) is 0 Å². The maximum atomic E-state index is 11.8. The predicted octanol–water partition coefficient (Wildman–Crippen LogP) is 2.43. The number of nitrogens with one attached hydrogen (secondary N) is 1. The summed E-state index contributed by atoms with van der Waals surface area (Å²) in [5.41, 5.74) is 1.54. The van der Waals surface area contributed by atoms with Crippen LogP contribution in [-0.4, -0.2) is 41.8 Å². The Bertz CT molecular complexity index is 870. The molecule has 1 amide bonds. The Morgan fingerprint density at radius 3 is 1.74 bits per heavy atom. The summed E-state index contributed by atoms with van der Waals surface area (Å²) in [6.45, 7) is -0.553. The smallest absolute Gasteiger partial charge is 0.408 e. The van der Waals surface area contributed by atoms with Gasteiger partial charge in [-0.3, -0.25) is 9.59 Å². The zero-order valence-electron chi connectivity index (χ0n) is 16.7. The second-order valence-corrected chi connectivity index (χ2v) is 6.43. The Morgan fingerprint density at radius 1 is 0.742 bits per heavy atom. The van der Waals surface area contributed by atoms with Crippen LogP contribution in [-0.2, 0) is 41.8 Å². The second-order valence-electron chi connectivity index (χ2n) is 6.43. The van der Waals surface area contributed by atoms with Gasteiger partial charge in [0, 0.05) is 0 Å². The first-order valence-electron chi connectivity index (χ1n) is 9.49. The summed E-state index contributed by atoms with van der Waals surface area (Å²) in [7, 11) is 0. The number of carboxylic acid groups (broad SMARTS) is 1. The normalized spacial score (nSPS) is 11.1. The number of benzene rings is 2. The second kappa shape index (κ2) is 12.6. The maximum absolute atomic E-state index is 11.8. The van der Waals surface area contributed by atoms with Crippen LogP contribution in [0, 0.1) is 0 Å². The summed E-state index contributed by atoms with van der Waals surface area (Å²) >= 11 is 0. The van der Waals surface area contributed by atoms with Crippen molar-refractivity contribution in [1.82, 2.24) is 5.32 Å². The predicted molar refractivity (Wildman–Crippen MR) is 108 cm³/mol. The van der Waals surface area contributed by atoms with E-state index in [2.05, 4.69) is 5.32 Å². The van der Waals surface area contributed by atoms with Gasteiger partial charge >= 0.3 is 24.0 Å². The van der Waals surface area contributed by atoms with E-state index in [9.17, 15) is 24.3 Å². The number of carboxylic acids is 1. The quantitative estimate of drug-likeness (QED) is 0.412. The molecule has 0 saturated carbocycles. The van der Waals surface area contributed by atoms with E-state index in [1.807, 2.05) is 18.2 Å². The first-order valence-corrected chi connectivity index (χ1v) is 9.49. The minimum atomic E-state index is -1.49. The van der Waals surface area contributed by atoms with Gasteiger partial charge in [0.15, 0.2) is 6.04 Å². The molecule has 2 rings (SSSR count). The fourth-order valence-electron chi connectivity index (χ4n) is 2.34. The number of rotatable bonds is 11. The number of ether oxygens (including phenoxy) is 3. The van der Waals surface area contributed by atoms with Gasteiger partial charge in [-0.05, 0) is 11.1 Å². The van der Waals surface area contributed by atoms with Crippen LogP contribution < -0.4 is 5.32 Å². The Kier molecular flexibility index (Phi) is 9.54. The maximum Gasteiger partial charge on any atom is 0.408 e. The third kappa shape index (κ3) is 9.44. The van der Waals surface area contributed by atoms with E-state index in [1.165, 1.54) is 0 Å². The number of carbonyl (C=O) groups excluding carboxylic acids is 3. The fourth-order valence-corrected chi connectivity index (χ4v) is 2.34. The molecule has 2 aromatic carbocycles. The summed E-state index contributed by atoms with van der Waals surface area (Å²) in [5.74, 6) is -2.77. The van der Waals surface area contributed by atoms with Crippen LogP contribution >= 0.6 is 0 Å². The van der Waals surface area contributed by atoms with E-state index >= 15 is 0 Å². The van der Waals surface area contributed by atoms with Crippen LogP contribution in [0.5, 0.6) is 0 Å². The van der Waals surface area contributed by atoms with Gasteiger partial charge in [-0.1, -0.05) is 60.7 Å². The van der Waals surface area contributed by atoms with Gasteiger partial charge < -0.3 is 24.6 Å². The van der Waals surface area contributed by atoms with Gasteiger partial charge in [-0.2, -0.15) is 0 Å². The lowest BCUT2D eigenvalue weighted by atomic mass is 10.2. The first-order chi connectivity index (χ1) is 14.9. The zero-order valence-corrected chi connectivity index (χ0v) is 16.7. The highest BCUT2D eigenvalue weighted by Gasteiger charge is 2.23. The average Bonchev–Trinajstić information content (AvgIpc) is 2.78. The SMILES string of the molecule is O=C(CCC(=O)OCC(NC(=O)OCc1ccccc1)C(=O)O)OCc1ccccc1. The molecule has 2 N–H and O–H groups in total. The Hall–Kier alpha value is -3.88. The molecule has 0 bridgehead atoms. The van der Waals surface area contributed by atoms with Gasteiger partial charge in [-0.25, -0.2) is 9.59 Å². The molecule has 0 fully saturated rings. The molecule has 0 aliphatic carbocycles. The van der Waals surface area contributed by atoms with Crippen molar-refractivity contribution in [2.45, 2.75) is 32.1 Å². The van der Waals surface area contributed by atoms with Gasteiger partial charge in [0.1, 0.15) is 19.8 Å². The van der Waals surface area contributed by atoms with E-state index in [0.717, 1.165) is 11.1 Å². The molecule has 9 nitrogen and oxygen atoms in total. The van der Waals surface area contributed by atoms with E-state index in [-0.39, 0.29) is 26.1 Å². The van der Waals surface area contributed by atoms with E-state index in [1.54, 1.807) is 42.5 Å². The molecule has 31 heavy (non-hydrogen) atoms. The molecule has 164 valence electrons. The van der Waals surface area contributed by atoms with Crippen molar-refractivity contribution in [3.8, 4) is 0 Å². The van der Waals surface area contributed by atoms with Gasteiger partial charge in [0.25, 0.3) is 0 Å². The molecule has 0 aliphatic rings. The van der Waals surface area contributed by atoms with Crippen LogP contribution in [0.2, 0.25) is 0 Å². The number of carbonyl (C=O) groups is 4. The number of hydrogen-bond donors (Lipinski definition) is 2. The van der Waals surface area contributed by atoms with Crippen molar-refractivity contribution in [1.29, 1.82) is 0 Å². The summed E-state index contributed by atoms with van der Waals surface area (Å²) < 4.78 is 14.8. The molecule has 0 spiro atoms. The van der Waals surface area contributed by atoms with Crippen LogP contribution in [0.15, 0.2) is 60.7 Å². The van der Waals surface area contributed by atoms with Crippen molar-refractivity contribution in [2.75, 3.05) is 6.61 Å². The number of amides is 1. The Balaban J connectivity index is 1.66. The molecular weight excluding hydrogens is 406 g/mol. The third-order valence-electron chi connectivity index (χ3n) is 3.99. The van der Waals surface area contributed by atoms with Crippen molar-refractivity contribution < 1.29 is 38.5 Å². The lowest BCUT2D eigenvalue weighted by molar-refractivity contribution is -0.153. The van der Waals surface area contributed by atoms with Gasteiger partial charge in [0.05, 0.1) is 12.8 Å². The largest absolute Gasteiger partial charge is 0.480 e. The minimum absolute atomic E-state index is 0.0378. The third-order valence-corrected chi connectivity index (χ3v) is 3.99. The molecule has 1 atom stereocenters. The highest BCUT2D eigenvalue weighted by Crippen LogP contribution is 2.04. The highest BCUT2D eigenvalue weighted by atomic mass is 16.6. The molecule has 9 heteroatoms. The lowest BCUT2D eigenvalue weighted by Gasteiger charge is -2.15. The molecule has 1 unspecified atom stereocenters. The highest BCUT2D eigenvalue weighted by molar-refractivity contribution is 5.81. The Morgan fingerprint density at radius 2 is 1.23 bits per heavy atom. The first kappa shape index (κ1) is 23.4. The van der Waals surface area contributed by atoms with Crippen LogP contribution in [0.25, 0.3) is 0 Å². The van der Waals surface area contributed by atoms with Crippen LogP contribution in [0.3, 0.4) is 0 Å². The van der Waals surface area contributed by atoms with Gasteiger partial charge in [-0.15, -0.1) is 0 Å². The molecule has 0 radical (unpaired) electrons. The van der Waals surface area contributed by atoms with Crippen molar-refractivity contribution in [2.24, 2.45) is 0 Å². The van der Waals surface area contributed by atoms with E-state index < -0.39 is 36.6 Å². The molecular formula is C22H23NO8. The fraction of sp³-hybridized carbons (Fsp3) is 0.273. The van der Waals surface area contributed by atoms with Crippen molar-refractivity contribution >= 4 is 24.0 Å². The molecule has 0 saturated heterocycles. The zero-order chi connectivity index (χ0) is 22.5. The van der Waals surface area contributed by atoms with Crippen molar-refractivity contribution in [3.05, 3.63) is 71.8 Å². The summed E-state index contributed by atoms with van der Waals surface area (Å²) in [6.07, 6.45) is -1.45. The van der Waals surface area contributed by atoms with Crippen LogP contribution in [0.1, 0.15) is 24.0 Å². The monoisotopic (exact) mass is 429 g/mol. The van der Waals surface area contributed by atoms with E-state index in [4.69, 9.17) is 14.2 Å². The molecule has 0 heterocycles. The van der Waals surface area contributed by atoms with Crippen LogP contribution in [0.4, 0.5) is 4.79 Å². The molecule has 0 aromatic heterocycles. The topological polar surface area (TPSA) is 128 Å². The number of alkyl carbamates (subject to hydrolysis) is 1. The standard InChI is InChI=1S/C22H23NO8/c24-19(29-13-16-7-3-1-4-8-16)11-12-20(25)30-15-18(21(26)27)23-22(28)31-14-17-9-5-2-6-10-17/h1-10,18H,11-15H2,(H,23,28)(H,26,27). The minimum Gasteiger partial charge on any atom is -0.480 e. The average molecular weight is 429 g/mol. The number of aliphatic carboxylic acids is 1. The Labute approximate surface area is 178 Å². The van der Waals surface area contributed by atoms with Crippen molar-refractivity contribution in [3.63, 3.8) is 0 Å². The number of hydrogen-bond acceptors (Lipinski definition) is 7. The summed E-state index contributed by atoms with van der Waals surface area (Å²) in [4.78, 5) is 46.5. The lowest BCUT2D eigenvalue weighted by Crippen LogP contribution is -2.44.